The average Bonchev–Trinajstić information content (AvgIpc) is 2.49. The number of halogens is 1. The van der Waals surface area contributed by atoms with Gasteiger partial charge in [0.15, 0.2) is 0 Å². The maximum Gasteiger partial charge on any atom is 0.310 e. The van der Waals surface area contributed by atoms with E-state index >= 15 is 0 Å². The van der Waals surface area contributed by atoms with Crippen molar-refractivity contribution in [2.24, 2.45) is 0 Å². The largest absolute Gasteiger partial charge is 0.481 e. The molecule has 0 bridgehead atoms. The predicted molar refractivity (Wildman–Crippen MR) is 82.4 cm³/mol. The molecule has 0 aromatic heterocycles. The lowest BCUT2D eigenvalue weighted by molar-refractivity contribution is -0.138. The van der Waals surface area contributed by atoms with E-state index in [1.807, 2.05) is 48.5 Å². The fraction of sp³-hybridized carbons (Fsp3) is 0.235. The first kappa shape index (κ1) is 15.5. The maximum atomic E-state index is 10.9. The fourth-order valence-corrected chi connectivity index (χ4v) is 2.13. The second-order valence-electron chi connectivity index (χ2n) is 4.89. The van der Waals surface area contributed by atoms with Crippen molar-refractivity contribution in [2.45, 2.75) is 26.1 Å². The number of hydrogen-bond acceptors (Lipinski definition) is 2. The van der Waals surface area contributed by atoms with Gasteiger partial charge < -0.3 is 9.84 Å². The van der Waals surface area contributed by atoms with Crippen LogP contribution in [0.1, 0.15) is 29.5 Å². The van der Waals surface area contributed by atoms with Crippen LogP contribution >= 0.6 is 11.6 Å². The Kier molecular flexibility index (Phi) is 5.37. The smallest absolute Gasteiger partial charge is 0.310 e. The SMILES string of the molecule is CC(C(=O)O)c1ccc(COCc2ccccc2Cl)cc1. The molecule has 2 aromatic rings. The highest BCUT2D eigenvalue weighted by Gasteiger charge is 2.12. The number of rotatable bonds is 6. The van der Waals surface area contributed by atoms with Gasteiger partial charge in [-0.25, -0.2) is 0 Å². The third-order valence-electron chi connectivity index (χ3n) is 3.33. The Labute approximate surface area is 129 Å². The molecular formula is C17H17ClO3. The Morgan fingerprint density at radius 1 is 1.14 bits per heavy atom. The summed E-state index contributed by atoms with van der Waals surface area (Å²) in [4.78, 5) is 10.9. The minimum atomic E-state index is -0.822. The van der Waals surface area contributed by atoms with Crippen LogP contribution in [0, 0.1) is 0 Å². The Morgan fingerprint density at radius 2 is 1.81 bits per heavy atom. The number of benzene rings is 2. The minimum Gasteiger partial charge on any atom is -0.481 e. The zero-order chi connectivity index (χ0) is 15.2. The van der Waals surface area contributed by atoms with Crippen LogP contribution in [-0.4, -0.2) is 11.1 Å². The number of carboxylic acid groups (broad SMARTS) is 1. The maximum absolute atomic E-state index is 10.9. The molecule has 3 nitrogen and oxygen atoms in total. The molecule has 0 saturated carbocycles. The van der Waals surface area contributed by atoms with Crippen LogP contribution in [0.25, 0.3) is 0 Å². The van der Waals surface area contributed by atoms with Gasteiger partial charge in [-0.2, -0.15) is 0 Å². The van der Waals surface area contributed by atoms with Gasteiger partial charge in [0.1, 0.15) is 0 Å². The van der Waals surface area contributed by atoms with Gasteiger partial charge in [0.2, 0.25) is 0 Å². The summed E-state index contributed by atoms with van der Waals surface area (Å²) < 4.78 is 5.63. The topological polar surface area (TPSA) is 46.5 Å². The lowest BCUT2D eigenvalue weighted by Crippen LogP contribution is -2.07. The van der Waals surface area contributed by atoms with E-state index in [4.69, 9.17) is 21.4 Å². The highest BCUT2D eigenvalue weighted by molar-refractivity contribution is 6.31. The van der Waals surface area contributed by atoms with Crippen molar-refractivity contribution < 1.29 is 14.6 Å². The number of ether oxygens (including phenoxy) is 1. The molecule has 0 saturated heterocycles. The lowest BCUT2D eigenvalue weighted by atomic mass is 10.0. The zero-order valence-corrected chi connectivity index (χ0v) is 12.5. The van der Waals surface area contributed by atoms with E-state index in [0.29, 0.717) is 18.2 Å². The normalized spacial score (nSPS) is 12.1. The Hall–Kier alpha value is -1.84. The molecular weight excluding hydrogens is 288 g/mol. The van der Waals surface area contributed by atoms with E-state index in [-0.39, 0.29) is 0 Å². The van der Waals surface area contributed by atoms with Gasteiger partial charge in [0.25, 0.3) is 0 Å². The highest BCUT2D eigenvalue weighted by Crippen LogP contribution is 2.18. The zero-order valence-electron chi connectivity index (χ0n) is 11.8. The first-order valence-electron chi connectivity index (χ1n) is 6.70. The third kappa shape index (κ3) is 4.31. The minimum absolute atomic E-state index is 0.451. The monoisotopic (exact) mass is 304 g/mol. The first-order valence-corrected chi connectivity index (χ1v) is 7.08. The number of carboxylic acids is 1. The van der Waals surface area contributed by atoms with Crippen molar-refractivity contribution >= 4 is 17.6 Å². The molecule has 0 fully saturated rings. The molecule has 21 heavy (non-hydrogen) atoms. The fourth-order valence-electron chi connectivity index (χ4n) is 1.94. The molecule has 0 aliphatic heterocycles. The summed E-state index contributed by atoms with van der Waals surface area (Å²) in [5, 5.41) is 9.66. The van der Waals surface area contributed by atoms with E-state index in [2.05, 4.69) is 0 Å². The van der Waals surface area contributed by atoms with E-state index in [1.54, 1.807) is 6.92 Å². The molecule has 0 radical (unpaired) electrons. The Bertz CT molecular complexity index is 608. The second kappa shape index (κ2) is 7.25. The average molecular weight is 305 g/mol. The molecule has 2 aromatic carbocycles. The Morgan fingerprint density at radius 3 is 2.43 bits per heavy atom. The van der Waals surface area contributed by atoms with Gasteiger partial charge >= 0.3 is 5.97 Å². The molecule has 110 valence electrons. The van der Waals surface area contributed by atoms with Gasteiger partial charge in [-0.1, -0.05) is 54.1 Å². The summed E-state index contributed by atoms with van der Waals surface area (Å²) in [5.74, 6) is -1.32. The molecule has 0 aliphatic rings. The molecule has 1 N–H and O–H groups in total. The van der Waals surface area contributed by atoms with E-state index in [0.717, 1.165) is 16.7 Å². The van der Waals surface area contributed by atoms with Crippen LogP contribution in [0.3, 0.4) is 0 Å². The van der Waals surface area contributed by atoms with Crippen molar-refractivity contribution in [2.75, 3.05) is 0 Å². The predicted octanol–water partition coefficient (Wildman–Crippen LogP) is 4.24. The van der Waals surface area contributed by atoms with Crippen LogP contribution in [0.2, 0.25) is 5.02 Å². The van der Waals surface area contributed by atoms with E-state index in [1.165, 1.54) is 0 Å². The van der Waals surface area contributed by atoms with Gasteiger partial charge in [0, 0.05) is 5.02 Å². The summed E-state index contributed by atoms with van der Waals surface area (Å²) in [7, 11) is 0. The van der Waals surface area contributed by atoms with Gasteiger partial charge in [-0.3, -0.25) is 4.79 Å². The van der Waals surface area contributed by atoms with Crippen LogP contribution in [-0.2, 0) is 22.7 Å². The standard InChI is InChI=1S/C17H17ClO3/c1-12(17(19)20)14-8-6-13(7-9-14)10-21-11-15-4-2-3-5-16(15)18/h2-9,12H,10-11H2,1H3,(H,19,20). The third-order valence-corrected chi connectivity index (χ3v) is 3.70. The van der Waals surface area contributed by atoms with Crippen molar-refractivity contribution in [1.29, 1.82) is 0 Å². The van der Waals surface area contributed by atoms with E-state index in [9.17, 15) is 4.79 Å². The Balaban J connectivity index is 1.90. The van der Waals surface area contributed by atoms with Crippen molar-refractivity contribution in [3.8, 4) is 0 Å². The highest BCUT2D eigenvalue weighted by atomic mass is 35.5. The molecule has 1 atom stereocenters. The van der Waals surface area contributed by atoms with Crippen molar-refractivity contribution in [3.05, 3.63) is 70.2 Å². The van der Waals surface area contributed by atoms with Gasteiger partial charge in [0.05, 0.1) is 19.1 Å². The van der Waals surface area contributed by atoms with Crippen LogP contribution < -0.4 is 0 Å². The van der Waals surface area contributed by atoms with E-state index < -0.39 is 11.9 Å². The van der Waals surface area contributed by atoms with Crippen molar-refractivity contribution in [1.82, 2.24) is 0 Å². The summed E-state index contributed by atoms with van der Waals surface area (Å²) >= 11 is 6.06. The first-order chi connectivity index (χ1) is 10.1. The molecule has 0 spiro atoms. The van der Waals surface area contributed by atoms with Crippen molar-refractivity contribution in [3.63, 3.8) is 0 Å². The summed E-state index contributed by atoms with van der Waals surface area (Å²) in [6.07, 6.45) is 0. The molecule has 1 unspecified atom stereocenters. The number of hydrogen-bond donors (Lipinski definition) is 1. The van der Waals surface area contributed by atoms with Crippen LogP contribution in [0.5, 0.6) is 0 Å². The second-order valence-corrected chi connectivity index (χ2v) is 5.29. The quantitative estimate of drug-likeness (QED) is 0.868. The van der Waals surface area contributed by atoms with Gasteiger partial charge in [-0.05, 0) is 29.7 Å². The van der Waals surface area contributed by atoms with Gasteiger partial charge in [-0.15, -0.1) is 0 Å². The lowest BCUT2D eigenvalue weighted by Gasteiger charge is -2.09. The molecule has 0 heterocycles. The summed E-state index contributed by atoms with van der Waals surface area (Å²) in [5.41, 5.74) is 2.75. The molecule has 2 rings (SSSR count). The molecule has 0 amide bonds. The van der Waals surface area contributed by atoms with Crippen LogP contribution in [0.4, 0.5) is 0 Å². The molecule has 0 aliphatic carbocycles. The summed E-state index contributed by atoms with van der Waals surface area (Å²) in [6, 6.07) is 15.0. The molecule has 4 heteroatoms. The number of aliphatic carboxylic acids is 1. The summed E-state index contributed by atoms with van der Waals surface area (Å²) in [6.45, 7) is 2.59. The van der Waals surface area contributed by atoms with Crippen LogP contribution in [0.15, 0.2) is 48.5 Å². The number of carbonyl (C=O) groups is 1.